The van der Waals surface area contributed by atoms with Gasteiger partial charge in [-0.25, -0.2) is 13.2 Å². The largest absolute Gasteiger partial charge is 0.352 e. The predicted octanol–water partition coefficient (Wildman–Crippen LogP) is -0.249. The summed E-state index contributed by atoms with van der Waals surface area (Å²) in [5.74, 6) is -16.0. The first kappa shape index (κ1) is 25.2. The molecule has 26 heavy (non-hydrogen) atoms. The molecule has 0 heterocycles. The molecule has 0 spiro atoms. The van der Waals surface area contributed by atoms with Crippen LogP contribution in [0.15, 0.2) is 0 Å². The van der Waals surface area contributed by atoms with Crippen molar-refractivity contribution in [3.63, 3.8) is 0 Å². The van der Waals surface area contributed by atoms with Crippen molar-refractivity contribution in [1.29, 1.82) is 0 Å². The molecule has 7 nitrogen and oxygen atoms in total. The van der Waals surface area contributed by atoms with Gasteiger partial charge in [0.25, 0.3) is 29.3 Å². The number of carbonyl (C=O) groups excluding carboxylic acids is 3. The van der Waals surface area contributed by atoms with Gasteiger partial charge in [-0.1, -0.05) is 6.92 Å². The standard InChI is InChI=1S/C13H23F3N4O3S3/c1-3-17-8(21)12(15,6-25)20-10(23)13(16,7-26)19-9(22)11(14,5-24)18-4-2/h18,24-26H,3-7H2,1-2H3,(H,17,21)(H,19,22)(H,20,23)/t11-,12-,13-/m1/s1. The molecule has 0 fully saturated rings. The molecule has 0 aliphatic rings. The van der Waals surface area contributed by atoms with Gasteiger partial charge in [-0.05, 0) is 13.5 Å². The number of nitrogens with one attached hydrogen (secondary N) is 4. The van der Waals surface area contributed by atoms with Gasteiger partial charge in [0, 0.05) is 12.3 Å². The fourth-order valence-electron chi connectivity index (χ4n) is 1.68. The summed E-state index contributed by atoms with van der Waals surface area (Å²) in [7, 11) is 0. The summed E-state index contributed by atoms with van der Waals surface area (Å²) in [6, 6.07) is 0. The summed E-state index contributed by atoms with van der Waals surface area (Å²) in [6.07, 6.45) is 0. The van der Waals surface area contributed by atoms with Crippen LogP contribution in [0, 0.1) is 0 Å². The Bertz CT molecular complexity index is 534. The summed E-state index contributed by atoms with van der Waals surface area (Å²) in [6.45, 7) is 3.06. The van der Waals surface area contributed by atoms with Crippen LogP contribution in [0.5, 0.6) is 0 Å². The summed E-state index contributed by atoms with van der Waals surface area (Å²) >= 11 is 10.9. The molecule has 0 radical (unpaired) electrons. The number of carbonyl (C=O) groups is 3. The molecule has 13 heteroatoms. The molecule has 0 unspecified atom stereocenters. The maximum atomic E-state index is 14.8. The third-order valence-corrected chi connectivity index (χ3v) is 4.46. The Morgan fingerprint density at radius 2 is 1.12 bits per heavy atom. The van der Waals surface area contributed by atoms with Crippen LogP contribution in [-0.2, 0) is 14.4 Å². The summed E-state index contributed by atoms with van der Waals surface area (Å²) in [5, 5.41) is 7.34. The molecule has 0 saturated carbocycles. The first-order valence-electron chi connectivity index (χ1n) is 7.56. The molecule has 0 bridgehead atoms. The van der Waals surface area contributed by atoms with Crippen LogP contribution in [0.25, 0.3) is 0 Å². The van der Waals surface area contributed by atoms with Crippen molar-refractivity contribution in [2.75, 3.05) is 30.3 Å². The van der Waals surface area contributed by atoms with Gasteiger partial charge in [-0.3, -0.25) is 19.7 Å². The van der Waals surface area contributed by atoms with E-state index in [1.54, 1.807) is 0 Å². The van der Waals surface area contributed by atoms with Crippen molar-refractivity contribution in [3.8, 4) is 0 Å². The number of hydrogen-bond donors (Lipinski definition) is 7. The summed E-state index contributed by atoms with van der Waals surface area (Å²) in [4.78, 5) is 35.8. The maximum absolute atomic E-state index is 14.8. The average molecular weight is 437 g/mol. The number of halogens is 3. The van der Waals surface area contributed by atoms with E-state index in [0.29, 0.717) is 0 Å². The number of amides is 3. The van der Waals surface area contributed by atoms with Gasteiger partial charge in [-0.2, -0.15) is 37.9 Å². The number of thiol groups is 3. The normalized spacial score (nSPS) is 18.0. The zero-order valence-corrected chi connectivity index (χ0v) is 16.9. The Morgan fingerprint density at radius 3 is 1.46 bits per heavy atom. The van der Waals surface area contributed by atoms with Gasteiger partial charge in [0.1, 0.15) is 0 Å². The molecule has 0 saturated heterocycles. The van der Waals surface area contributed by atoms with Crippen molar-refractivity contribution in [2.24, 2.45) is 0 Å². The highest BCUT2D eigenvalue weighted by atomic mass is 32.1. The zero-order valence-electron chi connectivity index (χ0n) is 14.2. The Morgan fingerprint density at radius 1 is 0.731 bits per heavy atom. The van der Waals surface area contributed by atoms with Crippen molar-refractivity contribution in [3.05, 3.63) is 0 Å². The lowest BCUT2D eigenvalue weighted by Gasteiger charge is -2.31. The molecular formula is C13H23F3N4O3S3. The Hall–Kier alpha value is -0.790. The van der Waals surface area contributed by atoms with Crippen LogP contribution in [0.3, 0.4) is 0 Å². The zero-order chi connectivity index (χ0) is 20.6. The smallest absolute Gasteiger partial charge is 0.282 e. The summed E-state index contributed by atoms with van der Waals surface area (Å²) < 4.78 is 43.8. The van der Waals surface area contributed by atoms with E-state index >= 15 is 0 Å². The molecule has 0 aliphatic carbocycles. The van der Waals surface area contributed by atoms with Gasteiger partial charge in [0.05, 0.1) is 11.5 Å². The first-order chi connectivity index (χ1) is 12.0. The number of hydrogen-bond acceptors (Lipinski definition) is 7. The molecule has 0 aromatic rings. The van der Waals surface area contributed by atoms with E-state index in [0.717, 1.165) is 0 Å². The highest BCUT2D eigenvalue weighted by molar-refractivity contribution is 7.80. The molecule has 0 rings (SSSR count). The number of rotatable bonds is 11. The van der Waals surface area contributed by atoms with Crippen LogP contribution < -0.4 is 21.3 Å². The van der Waals surface area contributed by atoms with E-state index in [1.807, 2.05) is 0 Å². The third kappa shape index (κ3) is 6.13. The van der Waals surface area contributed by atoms with Crippen LogP contribution in [0.2, 0.25) is 0 Å². The van der Waals surface area contributed by atoms with Crippen molar-refractivity contribution < 1.29 is 27.6 Å². The maximum Gasteiger partial charge on any atom is 0.282 e. The van der Waals surface area contributed by atoms with Gasteiger partial charge in [-0.15, -0.1) is 0 Å². The quantitative estimate of drug-likeness (QED) is 0.179. The van der Waals surface area contributed by atoms with E-state index in [1.165, 1.54) is 24.5 Å². The van der Waals surface area contributed by atoms with Crippen LogP contribution in [0.4, 0.5) is 13.2 Å². The van der Waals surface area contributed by atoms with E-state index in [4.69, 9.17) is 0 Å². The van der Waals surface area contributed by atoms with Crippen molar-refractivity contribution in [2.45, 2.75) is 31.2 Å². The SMILES string of the molecule is CCNC(=O)[C@@](F)(CS)NC(=O)[C@@](F)(CS)NC(=O)[C@@](F)(CS)NCC. The molecule has 3 amide bonds. The van der Waals surface area contributed by atoms with Crippen LogP contribution >= 0.6 is 37.9 Å². The van der Waals surface area contributed by atoms with Crippen LogP contribution in [-0.4, -0.2) is 65.4 Å². The topological polar surface area (TPSA) is 99.3 Å². The number of alkyl halides is 3. The van der Waals surface area contributed by atoms with Crippen molar-refractivity contribution >= 4 is 55.6 Å². The van der Waals surface area contributed by atoms with Crippen LogP contribution in [0.1, 0.15) is 13.8 Å². The fourth-order valence-corrected chi connectivity index (χ4v) is 2.38. The Kier molecular flexibility index (Phi) is 10.2. The minimum atomic E-state index is -3.29. The van der Waals surface area contributed by atoms with E-state index < -0.39 is 52.4 Å². The lowest BCUT2D eigenvalue weighted by molar-refractivity contribution is -0.150. The molecule has 3 atom stereocenters. The monoisotopic (exact) mass is 436 g/mol. The highest BCUT2D eigenvalue weighted by Crippen LogP contribution is 2.18. The molecule has 4 N–H and O–H groups in total. The second kappa shape index (κ2) is 10.5. The molecule has 0 aromatic carbocycles. The van der Waals surface area contributed by atoms with Gasteiger partial charge < -0.3 is 16.0 Å². The minimum absolute atomic E-state index is 0.0151. The number of likely N-dealkylation sites (N-methyl/N-ethyl adjacent to an activating group) is 2. The van der Waals surface area contributed by atoms with Gasteiger partial charge >= 0.3 is 0 Å². The fraction of sp³-hybridized carbons (Fsp3) is 0.769. The lowest BCUT2D eigenvalue weighted by atomic mass is 10.1. The summed E-state index contributed by atoms with van der Waals surface area (Å²) in [5.41, 5.74) is 0. The van der Waals surface area contributed by atoms with E-state index in [-0.39, 0.29) is 13.1 Å². The molecular weight excluding hydrogens is 413 g/mol. The van der Waals surface area contributed by atoms with Gasteiger partial charge in [0.15, 0.2) is 0 Å². The highest BCUT2D eigenvalue weighted by Gasteiger charge is 2.49. The van der Waals surface area contributed by atoms with Crippen molar-refractivity contribution in [1.82, 2.24) is 21.3 Å². The first-order valence-corrected chi connectivity index (χ1v) is 9.46. The lowest BCUT2D eigenvalue weighted by Crippen LogP contribution is -2.68. The average Bonchev–Trinajstić information content (AvgIpc) is 2.61. The Balaban J connectivity index is 5.43. The van der Waals surface area contributed by atoms with E-state index in [9.17, 15) is 27.6 Å². The second-order valence-corrected chi connectivity index (χ2v) is 6.12. The minimum Gasteiger partial charge on any atom is -0.352 e. The molecule has 152 valence electrons. The molecule has 0 aromatic heterocycles. The predicted molar refractivity (Wildman–Crippen MR) is 102 cm³/mol. The van der Waals surface area contributed by atoms with E-state index in [2.05, 4.69) is 48.5 Å². The van der Waals surface area contributed by atoms with Gasteiger partial charge in [0.2, 0.25) is 5.79 Å². The molecule has 0 aliphatic heterocycles. The third-order valence-electron chi connectivity index (χ3n) is 3.15. The second-order valence-electron chi connectivity index (χ2n) is 5.18. The Labute approximate surface area is 166 Å².